The smallest absolute Gasteiger partial charge is 0.413 e. The summed E-state index contributed by atoms with van der Waals surface area (Å²) in [4.78, 5) is 12.6. The van der Waals surface area contributed by atoms with Gasteiger partial charge in [0.15, 0.2) is 0 Å². The van der Waals surface area contributed by atoms with Crippen molar-refractivity contribution in [2.24, 2.45) is 11.7 Å². The summed E-state index contributed by atoms with van der Waals surface area (Å²) < 4.78 is 5.09. The van der Waals surface area contributed by atoms with Crippen LogP contribution in [0.5, 0.6) is 0 Å². The van der Waals surface area contributed by atoms with Gasteiger partial charge in [-0.1, -0.05) is 24.3 Å². The highest BCUT2D eigenvalue weighted by Crippen LogP contribution is 2.11. The van der Waals surface area contributed by atoms with Crippen molar-refractivity contribution < 1.29 is 9.53 Å². The van der Waals surface area contributed by atoms with E-state index in [1.165, 1.54) is 17.3 Å². The van der Waals surface area contributed by atoms with Crippen molar-refractivity contribution in [2.45, 2.75) is 6.42 Å². The van der Waals surface area contributed by atoms with E-state index < -0.39 is 0 Å². The van der Waals surface area contributed by atoms with E-state index >= 15 is 0 Å². The van der Waals surface area contributed by atoms with E-state index in [4.69, 9.17) is 10.5 Å². The molecule has 1 unspecified atom stereocenters. The molecule has 15 heavy (non-hydrogen) atoms. The van der Waals surface area contributed by atoms with E-state index in [0.717, 1.165) is 6.42 Å². The van der Waals surface area contributed by atoms with Crippen LogP contribution in [-0.4, -0.2) is 24.6 Å². The number of rotatable bonds is 3. The fraction of sp³-hybridized carbons (Fsp3) is 0.364. The summed E-state index contributed by atoms with van der Waals surface area (Å²) in [5, 5.41) is 0. The quantitative estimate of drug-likeness (QED) is 0.766. The van der Waals surface area contributed by atoms with Gasteiger partial charge in [0, 0.05) is 25.4 Å². The standard InChI is InChI=1S/C11H16N2O2/c1-13(8-7-12)11(14)15-9-10-5-3-2-4-6-10/h2-5,7-8,10H,6,9,12H2,1H3/b8-7-. The summed E-state index contributed by atoms with van der Waals surface area (Å²) >= 11 is 0. The summed E-state index contributed by atoms with van der Waals surface area (Å²) in [6.45, 7) is 0.405. The molecule has 0 saturated heterocycles. The molecule has 0 fully saturated rings. The summed E-state index contributed by atoms with van der Waals surface area (Å²) in [6.07, 6.45) is 11.3. The Balaban J connectivity index is 2.27. The fourth-order valence-corrected chi connectivity index (χ4v) is 1.23. The molecule has 82 valence electrons. The van der Waals surface area contributed by atoms with E-state index in [0.29, 0.717) is 6.61 Å². The van der Waals surface area contributed by atoms with Gasteiger partial charge in [0.25, 0.3) is 0 Å². The van der Waals surface area contributed by atoms with Crippen LogP contribution in [-0.2, 0) is 4.74 Å². The molecule has 0 aliphatic heterocycles. The molecule has 4 heteroatoms. The number of carbonyl (C=O) groups excluding carboxylic acids is 1. The average molecular weight is 208 g/mol. The molecular weight excluding hydrogens is 192 g/mol. The summed E-state index contributed by atoms with van der Waals surface area (Å²) in [5.41, 5.74) is 5.16. The van der Waals surface area contributed by atoms with E-state index in [1.807, 2.05) is 18.2 Å². The van der Waals surface area contributed by atoms with Crippen LogP contribution in [0.4, 0.5) is 4.79 Å². The maximum atomic E-state index is 11.3. The lowest BCUT2D eigenvalue weighted by Gasteiger charge is -2.16. The third kappa shape index (κ3) is 3.89. The number of hydrogen-bond acceptors (Lipinski definition) is 3. The highest BCUT2D eigenvalue weighted by molar-refractivity contribution is 5.68. The van der Waals surface area contributed by atoms with Crippen LogP contribution in [0.3, 0.4) is 0 Å². The third-order valence-electron chi connectivity index (χ3n) is 2.09. The Morgan fingerprint density at radius 2 is 2.47 bits per heavy atom. The number of ether oxygens (including phenoxy) is 1. The minimum Gasteiger partial charge on any atom is -0.449 e. The van der Waals surface area contributed by atoms with Crippen molar-refractivity contribution in [2.75, 3.05) is 13.7 Å². The zero-order valence-electron chi connectivity index (χ0n) is 8.80. The van der Waals surface area contributed by atoms with Gasteiger partial charge in [0.2, 0.25) is 0 Å². The Morgan fingerprint density at radius 3 is 3.07 bits per heavy atom. The first-order valence-corrected chi connectivity index (χ1v) is 4.85. The van der Waals surface area contributed by atoms with Crippen molar-refractivity contribution >= 4 is 6.09 Å². The van der Waals surface area contributed by atoms with Gasteiger partial charge < -0.3 is 10.5 Å². The topological polar surface area (TPSA) is 55.6 Å². The molecule has 1 aliphatic carbocycles. The fourth-order valence-electron chi connectivity index (χ4n) is 1.23. The zero-order valence-corrected chi connectivity index (χ0v) is 8.80. The third-order valence-corrected chi connectivity index (χ3v) is 2.09. The monoisotopic (exact) mass is 208 g/mol. The highest BCUT2D eigenvalue weighted by Gasteiger charge is 2.11. The lowest BCUT2D eigenvalue weighted by Crippen LogP contribution is -2.24. The van der Waals surface area contributed by atoms with E-state index in [-0.39, 0.29) is 12.0 Å². The first kappa shape index (κ1) is 11.4. The number of amides is 1. The molecule has 0 saturated carbocycles. The van der Waals surface area contributed by atoms with Crippen LogP contribution in [0.25, 0.3) is 0 Å². The molecule has 0 aromatic rings. The van der Waals surface area contributed by atoms with E-state index in [1.54, 1.807) is 7.05 Å². The normalized spacial score (nSPS) is 19.4. The van der Waals surface area contributed by atoms with Crippen molar-refractivity contribution in [1.29, 1.82) is 0 Å². The van der Waals surface area contributed by atoms with Gasteiger partial charge in [-0.25, -0.2) is 4.79 Å². The predicted octanol–water partition coefficient (Wildman–Crippen LogP) is 1.62. The highest BCUT2D eigenvalue weighted by atomic mass is 16.6. The van der Waals surface area contributed by atoms with Gasteiger partial charge in [0.1, 0.15) is 0 Å². The molecule has 0 spiro atoms. The largest absolute Gasteiger partial charge is 0.449 e. The van der Waals surface area contributed by atoms with Gasteiger partial charge in [-0.2, -0.15) is 0 Å². The molecular formula is C11H16N2O2. The number of allylic oxidation sites excluding steroid dienone is 3. The number of nitrogens with zero attached hydrogens (tertiary/aromatic N) is 1. The second-order valence-electron chi connectivity index (χ2n) is 3.34. The lowest BCUT2D eigenvalue weighted by atomic mass is 10.0. The Hall–Kier alpha value is -1.71. The molecule has 2 N–H and O–H groups in total. The number of hydrogen-bond donors (Lipinski definition) is 1. The van der Waals surface area contributed by atoms with Crippen molar-refractivity contribution in [3.8, 4) is 0 Å². The van der Waals surface area contributed by atoms with Gasteiger partial charge in [-0.3, -0.25) is 4.90 Å². The second-order valence-corrected chi connectivity index (χ2v) is 3.34. The molecule has 0 heterocycles. The minimum absolute atomic E-state index is 0.286. The molecule has 4 nitrogen and oxygen atoms in total. The van der Waals surface area contributed by atoms with Crippen LogP contribution < -0.4 is 5.73 Å². The molecule has 0 bridgehead atoms. The maximum absolute atomic E-state index is 11.3. The molecule has 1 aliphatic rings. The predicted molar refractivity (Wildman–Crippen MR) is 58.8 cm³/mol. The van der Waals surface area contributed by atoms with Crippen LogP contribution >= 0.6 is 0 Å². The lowest BCUT2D eigenvalue weighted by molar-refractivity contribution is 0.113. The van der Waals surface area contributed by atoms with E-state index in [9.17, 15) is 4.79 Å². The van der Waals surface area contributed by atoms with E-state index in [2.05, 4.69) is 6.08 Å². The molecule has 0 aromatic carbocycles. The Bertz CT molecular complexity index is 295. The van der Waals surface area contributed by atoms with Gasteiger partial charge in [0.05, 0.1) is 6.61 Å². The Labute approximate surface area is 89.7 Å². The Kier molecular flexibility index (Phi) is 4.47. The van der Waals surface area contributed by atoms with Crippen LogP contribution in [0.15, 0.2) is 36.7 Å². The van der Waals surface area contributed by atoms with Crippen molar-refractivity contribution in [1.82, 2.24) is 4.90 Å². The summed E-state index contributed by atoms with van der Waals surface area (Å²) in [6, 6.07) is 0. The molecule has 1 rings (SSSR count). The second kappa shape index (κ2) is 5.90. The number of nitrogens with two attached hydrogens (primary N) is 1. The maximum Gasteiger partial charge on any atom is 0.413 e. The first-order chi connectivity index (χ1) is 7.24. The van der Waals surface area contributed by atoms with Crippen molar-refractivity contribution in [3.63, 3.8) is 0 Å². The summed E-state index contributed by atoms with van der Waals surface area (Å²) in [7, 11) is 1.60. The van der Waals surface area contributed by atoms with Gasteiger partial charge in [-0.15, -0.1) is 0 Å². The van der Waals surface area contributed by atoms with Gasteiger partial charge in [-0.05, 0) is 6.42 Å². The average Bonchev–Trinajstić information content (AvgIpc) is 2.27. The zero-order chi connectivity index (χ0) is 11.1. The summed E-state index contributed by atoms with van der Waals surface area (Å²) in [5.74, 6) is 0.286. The molecule has 0 aromatic heterocycles. The minimum atomic E-state index is -0.389. The van der Waals surface area contributed by atoms with Crippen LogP contribution in [0, 0.1) is 5.92 Å². The first-order valence-electron chi connectivity index (χ1n) is 4.85. The number of carbonyl (C=O) groups is 1. The SMILES string of the molecule is CN(/C=C\N)C(=O)OCC1C=CC=CC1. The van der Waals surface area contributed by atoms with Crippen molar-refractivity contribution in [3.05, 3.63) is 36.7 Å². The van der Waals surface area contributed by atoms with Gasteiger partial charge >= 0.3 is 6.09 Å². The molecule has 1 atom stereocenters. The van der Waals surface area contributed by atoms with Crippen LogP contribution in [0.2, 0.25) is 0 Å². The Morgan fingerprint density at radius 1 is 1.67 bits per heavy atom. The molecule has 0 radical (unpaired) electrons. The van der Waals surface area contributed by atoms with Crippen LogP contribution in [0.1, 0.15) is 6.42 Å². The molecule has 1 amide bonds.